The van der Waals surface area contributed by atoms with Gasteiger partial charge in [-0.3, -0.25) is 0 Å². The lowest BCUT2D eigenvalue weighted by Crippen LogP contribution is -2.41. The van der Waals surface area contributed by atoms with Gasteiger partial charge in [-0.1, -0.05) is 48.5 Å². The third kappa shape index (κ3) is 2.30. The molecule has 3 rings (SSSR count). The molecule has 1 heterocycles. The quantitative estimate of drug-likeness (QED) is 0.849. The average Bonchev–Trinajstić information content (AvgIpc) is 2.55. The van der Waals surface area contributed by atoms with E-state index in [9.17, 15) is 0 Å². The number of fused-ring (bicyclic) bond motifs is 1. The van der Waals surface area contributed by atoms with E-state index in [4.69, 9.17) is 14.2 Å². The van der Waals surface area contributed by atoms with Crippen LogP contribution in [0.3, 0.4) is 0 Å². The first-order chi connectivity index (χ1) is 10.3. The lowest BCUT2D eigenvalue weighted by Gasteiger charge is -2.38. The molecule has 21 heavy (non-hydrogen) atoms. The van der Waals surface area contributed by atoms with Gasteiger partial charge >= 0.3 is 0 Å². The van der Waals surface area contributed by atoms with Gasteiger partial charge in [-0.15, -0.1) is 0 Å². The van der Waals surface area contributed by atoms with E-state index in [2.05, 4.69) is 0 Å². The van der Waals surface area contributed by atoms with Crippen LogP contribution in [0.1, 0.15) is 18.1 Å². The van der Waals surface area contributed by atoms with Gasteiger partial charge in [0.2, 0.25) is 0 Å². The van der Waals surface area contributed by atoms with Crippen molar-refractivity contribution in [2.45, 2.75) is 12.7 Å². The molecule has 2 aromatic carbocycles. The molecule has 1 atom stereocenters. The summed E-state index contributed by atoms with van der Waals surface area (Å²) in [6.07, 6.45) is 1.97. The van der Waals surface area contributed by atoms with Crippen molar-refractivity contribution in [2.24, 2.45) is 0 Å². The summed E-state index contributed by atoms with van der Waals surface area (Å²) in [7, 11) is 1.64. The highest BCUT2D eigenvalue weighted by molar-refractivity contribution is 5.63. The molecule has 0 spiro atoms. The van der Waals surface area contributed by atoms with Crippen LogP contribution in [0.25, 0.3) is 6.08 Å². The molecule has 0 fully saturated rings. The van der Waals surface area contributed by atoms with Crippen LogP contribution < -0.4 is 4.74 Å². The van der Waals surface area contributed by atoms with Gasteiger partial charge in [0.1, 0.15) is 5.75 Å². The van der Waals surface area contributed by atoms with E-state index in [0.29, 0.717) is 12.4 Å². The molecule has 0 unspecified atom stereocenters. The van der Waals surface area contributed by atoms with Crippen LogP contribution in [-0.2, 0) is 15.3 Å². The Kier molecular flexibility index (Phi) is 3.67. The average molecular weight is 282 g/mol. The van der Waals surface area contributed by atoms with Crippen molar-refractivity contribution in [1.82, 2.24) is 0 Å². The maximum absolute atomic E-state index is 6.23. The summed E-state index contributed by atoms with van der Waals surface area (Å²) >= 11 is 0. The molecule has 0 radical (unpaired) electrons. The highest BCUT2D eigenvalue weighted by Crippen LogP contribution is 2.43. The van der Waals surface area contributed by atoms with Gasteiger partial charge < -0.3 is 14.2 Å². The maximum Gasteiger partial charge on any atom is 0.296 e. The van der Waals surface area contributed by atoms with Crippen LogP contribution in [0.5, 0.6) is 5.75 Å². The largest absolute Gasteiger partial charge is 0.494 e. The molecular weight excluding hydrogens is 264 g/mol. The fraction of sp³-hybridized carbons (Fsp3) is 0.222. The third-order valence-corrected chi connectivity index (χ3v) is 3.51. The van der Waals surface area contributed by atoms with Crippen molar-refractivity contribution in [3.63, 3.8) is 0 Å². The Morgan fingerprint density at radius 1 is 1.00 bits per heavy atom. The molecule has 0 saturated heterocycles. The van der Waals surface area contributed by atoms with E-state index in [0.717, 1.165) is 16.9 Å². The van der Waals surface area contributed by atoms with Crippen LogP contribution in [-0.4, -0.2) is 13.7 Å². The normalized spacial score (nSPS) is 20.2. The van der Waals surface area contributed by atoms with Crippen molar-refractivity contribution in [3.05, 3.63) is 71.5 Å². The van der Waals surface area contributed by atoms with Gasteiger partial charge in [0.25, 0.3) is 5.79 Å². The molecule has 1 aliphatic heterocycles. The summed E-state index contributed by atoms with van der Waals surface area (Å²) in [5, 5.41) is 0. The van der Waals surface area contributed by atoms with Crippen LogP contribution >= 0.6 is 0 Å². The molecule has 1 aliphatic rings. The number of methoxy groups -OCH3 is 1. The maximum atomic E-state index is 6.23. The highest BCUT2D eigenvalue weighted by atomic mass is 16.7. The molecule has 2 aromatic rings. The van der Waals surface area contributed by atoms with E-state index < -0.39 is 5.79 Å². The first-order valence-electron chi connectivity index (χ1n) is 7.04. The van der Waals surface area contributed by atoms with Gasteiger partial charge in [0, 0.05) is 17.7 Å². The fourth-order valence-electron chi connectivity index (χ4n) is 2.57. The summed E-state index contributed by atoms with van der Waals surface area (Å²) in [5.41, 5.74) is 1.90. The van der Waals surface area contributed by atoms with E-state index in [1.54, 1.807) is 7.11 Å². The van der Waals surface area contributed by atoms with Crippen molar-refractivity contribution >= 4 is 6.08 Å². The first kappa shape index (κ1) is 13.7. The van der Waals surface area contributed by atoms with Crippen LogP contribution in [0.4, 0.5) is 0 Å². The Bertz CT molecular complexity index is 649. The molecule has 0 N–H and O–H groups in total. The smallest absolute Gasteiger partial charge is 0.296 e. The molecular formula is C18H18O3. The zero-order chi connectivity index (χ0) is 14.7. The minimum Gasteiger partial charge on any atom is -0.494 e. The van der Waals surface area contributed by atoms with Gasteiger partial charge in [0.15, 0.2) is 5.76 Å². The number of hydrogen-bond acceptors (Lipinski definition) is 3. The summed E-state index contributed by atoms with van der Waals surface area (Å²) in [6.45, 7) is 2.46. The predicted molar refractivity (Wildman–Crippen MR) is 81.8 cm³/mol. The van der Waals surface area contributed by atoms with Gasteiger partial charge in [-0.25, -0.2) is 0 Å². The number of rotatable bonds is 4. The van der Waals surface area contributed by atoms with Crippen molar-refractivity contribution in [1.29, 1.82) is 0 Å². The van der Waals surface area contributed by atoms with Gasteiger partial charge in [-0.2, -0.15) is 0 Å². The van der Waals surface area contributed by atoms with Crippen LogP contribution in [0, 0.1) is 0 Å². The third-order valence-electron chi connectivity index (χ3n) is 3.51. The van der Waals surface area contributed by atoms with E-state index in [1.807, 2.05) is 67.6 Å². The number of ether oxygens (including phenoxy) is 3. The van der Waals surface area contributed by atoms with E-state index in [-0.39, 0.29) is 0 Å². The van der Waals surface area contributed by atoms with Gasteiger partial charge in [-0.05, 0) is 19.1 Å². The molecule has 0 aliphatic carbocycles. The molecule has 0 amide bonds. The van der Waals surface area contributed by atoms with Gasteiger partial charge in [0.05, 0.1) is 7.11 Å². The molecule has 108 valence electrons. The molecule has 0 bridgehead atoms. The number of hydrogen-bond donors (Lipinski definition) is 0. The second-order valence-electron chi connectivity index (χ2n) is 4.77. The monoisotopic (exact) mass is 282 g/mol. The Labute approximate surface area is 124 Å². The van der Waals surface area contributed by atoms with Crippen LogP contribution in [0.15, 0.2) is 60.4 Å². The molecule has 3 heteroatoms. The zero-order valence-electron chi connectivity index (χ0n) is 12.2. The fourth-order valence-corrected chi connectivity index (χ4v) is 2.57. The minimum absolute atomic E-state index is 0.512. The second-order valence-corrected chi connectivity index (χ2v) is 4.77. The summed E-state index contributed by atoms with van der Waals surface area (Å²) < 4.78 is 17.8. The predicted octanol–water partition coefficient (Wildman–Crippen LogP) is 3.96. The Morgan fingerprint density at radius 3 is 2.43 bits per heavy atom. The zero-order valence-corrected chi connectivity index (χ0v) is 12.2. The summed E-state index contributed by atoms with van der Waals surface area (Å²) in [5.74, 6) is 0.406. The van der Waals surface area contributed by atoms with Crippen molar-refractivity contribution in [2.75, 3.05) is 13.7 Å². The molecule has 3 nitrogen and oxygen atoms in total. The molecule has 0 aromatic heterocycles. The first-order valence-corrected chi connectivity index (χ1v) is 7.04. The Balaban J connectivity index is 2.17. The van der Waals surface area contributed by atoms with E-state index >= 15 is 0 Å². The van der Waals surface area contributed by atoms with Crippen molar-refractivity contribution in [3.8, 4) is 5.75 Å². The lowest BCUT2D eigenvalue weighted by atomic mass is 9.98. The highest BCUT2D eigenvalue weighted by Gasteiger charge is 2.44. The lowest BCUT2D eigenvalue weighted by molar-refractivity contribution is -0.184. The number of para-hydroxylation sites is 1. The van der Waals surface area contributed by atoms with E-state index in [1.165, 1.54) is 0 Å². The summed E-state index contributed by atoms with van der Waals surface area (Å²) in [4.78, 5) is 0. The summed E-state index contributed by atoms with van der Waals surface area (Å²) in [6, 6.07) is 17.7. The second kappa shape index (κ2) is 5.62. The SMILES string of the molecule is CCO[C@@]1(c2ccccc2)Oc2ccccc2C=C1OC. The topological polar surface area (TPSA) is 27.7 Å². The number of benzene rings is 2. The van der Waals surface area contributed by atoms with Crippen molar-refractivity contribution < 1.29 is 14.2 Å². The Morgan fingerprint density at radius 2 is 1.71 bits per heavy atom. The molecule has 0 saturated carbocycles. The minimum atomic E-state index is -1.03. The standard InChI is InChI=1S/C18H18O3/c1-3-20-18(15-10-5-4-6-11-15)17(19-2)13-14-9-7-8-12-16(14)21-18/h4-13H,3H2,1-2H3/t18-/m0/s1. The van der Waals surface area contributed by atoms with Crippen LogP contribution in [0.2, 0.25) is 0 Å². The Hall–Kier alpha value is -2.26.